The van der Waals surface area contributed by atoms with Crippen LogP contribution < -0.4 is 4.72 Å². The van der Waals surface area contributed by atoms with Crippen LogP contribution in [-0.4, -0.2) is 21.9 Å². The van der Waals surface area contributed by atoms with Crippen LogP contribution in [0.25, 0.3) is 0 Å². The quantitative estimate of drug-likeness (QED) is 0.623. The molecule has 0 rings (SSSR count). The van der Waals surface area contributed by atoms with Crippen LogP contribution in [0.5, 0.6) is 0 Å². The molecule has 0 spiro atoms. The summed E-state index contributed by atoms with van der Waals surface area (Å²) < 4.78 is 13.6. The molecule has 1 N–H and O–H groups in total. The first-order valence-electron chi connectivity index (χ1n) is 2.88. The van der Waals surface area contributed by atoms with E-state index in [9.17, 15) is 4.21 Å². The maximum Gasteiger partial charge on any atom is 0.0941 e. The third-order valence-electron chi connectivity index (χ3n) is 0.767. The Balaban J connectivity index is 3.28. The average molecular weight is 170 g/mol. The first-order chi connectivity index (χ1) is 4.18. The van der Waals surface area contributed by atoms with E-state index in [-0.39, 0.29) is 5.25 Å². The highest BCUT2D eigenvalue weighted by Gasteiger charge is 2.01. The molecular weight excluding hydrogens is 158 g/mol. The third-order valence-corrected chi connectivity index (χ3v) is 2.30. The van der Waals surface area contributed by atoms with Crippen molar-refractivity contribution in [1.29, 1.82) is 0 Å². The Morgan fingerprint density at radius 3 is 2.56 bits per heavy atom. The summed E-state index contributed by atoms with van der Waals surface area (Å²) in [4.78, 5) is 0. The molecule has 56 valence electrons. The van der Waals surface area contributed by atoms with Crippen LogP contribution in [0.3, 0.4) is 0 Å². The van der Waals surface area contributed by atoms with Crippen molar-refractivity contribution in [3.05, 3.63) is 0 Å². The molecule has 0 radical (unpaired) electrons. The molecule has 0 bridgehead atoms. The smallest absolute Gasteiger partial charge is 0.0941 e. The Hall–Kier alpha value is 0.400. The highest BCUT2D eigenvalue weighted by atomic mass is 35.5. The van der Waals surface area contributed by atoms with Gasteiger partial charge in [0.2, 0.25) is 0 Å². The molecule has 1 unspecified atom stereocenters. The highest BCUT2D eigenvalue weighted by Crippen LogP contribution is 1.88. The molecule has 0 aromatic heterocycles. The standard InChI is InChI=1S/C5H12ClNOS/c1-5(2)9(8)7-4-3-6/h5,7H,3-4H2,1-2H3. The predicted molar refractivity (Wildman–Crippen MR) is 42.0 cm³/mol. The van der Waals surface area contributed by atoms with E-state index in [0.29, 0.717) is 12.4 Å². The van der Waals surface area contributed by atoms with E-state index >= 15 is 0 Å². The zero-order valence-corrected chi connectivity index (χ0v) is 7.26. The van der Waals surface area contributed by atoms with Crippen molar-refractivity contribution in [3.63, 3.8) is 0 Å². The van der Waals surface area contributed by atoms with Gasteiger partial charge in [-0.25, -0.2) is 8.93 Å². The fourth-order valence-electron chi connectivity index (χ4n) is 0.306. The van der Waals surface area contributed by atoms with Crippen molar-refractivity contribution in [2.24, 2.45) is 0 Å². The molecule has 0 amide bonds. The summed E-state index contributed by atoms with van der Waals surface area (Å²) in [5.41, 5.74) is 0. The molecule has 0 aliphatic heterocycles. The maximum atomic E-state index is 10.8. The van der Waals surface area contributed by atoms with Crippen LogP contribution in [0.1, 0.15) is 13.8 Å². The summed E-state index contributed by atoms with van der Waals surface area (Å²) in [6.45, 7) is 4.42. The van der Waals surface area contributed by atoms with Gasteiger partial charge >= 0.3 is 0 Å². The molecule has 0 aliphatic carbocycles. The minimum Gasteiger partial charge on any atom is -0.243 e. The van der Waals surface area contributed by atoms with Crippen molar-refractivity contribution >= 4 is 22.6 Å². The van der Waals surface area contributed by atoms with Crippen LogP contribution in [-0.2, 0) is 11.0 Å². The number of hydrogen-bond acceptors (Lipinski definition) is 1. The zero-order chi connectivity index (χ0) is 7.28. The summed E-state index contributed by atoms with van der Waals surface area (Å²) in [5.74, 6) is 0.512. The van der Waals surface area contributed by atoms with E-state index in [1.165, 1.54) is 0 Å². The van der Waals surface area contributed by atoms with Gasteiger partial charge in [0.05, 0.1) is 11.0 Å². The minimum absolute atomic E-state index is 0.174. The van der Waals surface area contributed by atoms with Crippen molar-refractivity contribution in [3.8, 4) is 0 Å². The number of nitrogens with one attached hydrogen (secondary N) is 1. The zero-order valence-electron chi connectivity index (χ0n) is 5.69. The SMILES string of the molecule is CC(C)S(=O)NCCCl. The van der Waals surface area contributed by atoms with Crippen molar-refractivity contribution in [1.82, 2.24) is 4.72 Å². The van der Waals surface area contributed by atoms with E-state index in [0.717, 1.165) is 0 Å². The van der Waals surface area contributed by atoms with E-state index < -0.39 is 11.0 Å². The average Bonchev–Trinajstić information content (AvgIpc) is 1.82. The number of rotatable bonds is 4. The molecule has 0 aliphatic rings. The van der Waals surface area contributed by atoms with E-state index in [1.54, 1.807) is 0 Å². The van der Waals surface area contributed by atoms with Gasteiger partial charge in [0, 0.05) is 17.7 Å². The molecule has 0 saturated carbocycles. The Labute approximate surface area is 63.6 Å². The Bertz CT molecular complexity index is 97.0. The van der Waals surface area contributed by atoms with Gasteiger partial charge in [-0.2, -0.15) is 0 Å². The second-order valence-corrected chi connectivity index (χ2v) is 4.13. The van der Waals surface area contributed by atoms with Gasteiger partial charge in [0.1, 0.15) is 0 Å². The summed E-state index contributed by atoms with van der Waals surface area (Å²) in [6.07, 6.45) is 0. The molecule has 0 heterocycles. The Morgan fingerprint density at radius 1 is 1.67 bits per heavy atom. The van der Waals surface area contributed by atoms with Gasteiger partial charge in [-0.1, -0.05) is 0 Å². The normalized spacial score (nSPS) is 14.2. The van der Waals surface area contributed by atoms with Crippen molar-refractivity contribution in [2.75, 3.05) is 12.4 Å². The molecule has 0 aromatic carbocycles. The van der Waals surface area contributed by atoms with Crippen LogP contribution >= 0.6 is 11.6 Å². The first kappa shape index (κ1) is 9.40. The largest absolute Gasteiger partial charge is 0.243 e. The van der Waals surface area contributed by atoms with Gasteiger partial charge in [-0.3, -0.25) is 0 Å². The molecule has 0 fully saturated rings. The highest BCUT2D eigenvalue weighted by molar-refractivity contribution is 7.83. The van der Waals surface area contributed by atoms with Gasteiger partial charge < -0.3 is 0 Å². The number of alkyl halides is 1. The lowest BCUT2D eigenvalue weighted by Gasteiger charge is -2.03. The summed E-state index contributed by atoms with van der Waals surface area (Å²) in [7, 11) is -0.906. The van der Waals surface area contributed by atoms with Crippen LogP contribution in [0.2, 0.25) is 0 Å². The maximum absolute atomic E-state index is 10.8. The second-order valence-electron chi connectivity index (χ2n) is 1.93. The summed E-state index contributed by atoms with van der Waals surface area (Å²) in [6, 6.07) is 0. The fourth-order valence-corrected chi connectivity index (χ4v) is 1.15. The molecule has 0 aromatic rings. The van der Waals surface area contributed by atoms with Gasteiger partial charge in [-0.05, 0) is 13.8 Å². The number of hydrogen-bond donors (Lipinski definition) is 1. The lowest BCUT2D eigenvalue weighted by Crippen LogP contribution is -2.25. The van der Waals surface area contributed by atoms with Crippen LogP contribution in [0.4, 0.5) is 0 Å². The number of halogens is 1. The molecule has 4 heteroatoms. The second kappa shape index (κ2) is 5.21. The third kappa shape index (κ3) is 4.88. The van der Waals surface area contributed by atoms with Crippen molar-refractivity contribution < 1.29 is 4.21 Å². The Kier molecular flexibility index (Phi) is 5.44. The fraction of sp³-hybridized carbons (Fsp3) is 1.00. The van der Waals surface area contributed by atoms with E-state index in [2.05, 4.69) is 4.72 Å². The van der Waals surface area contributed by atoms with Gasteiger partial charge in [0.15, 0.2) is 0 Å². The monoisotopic (exact) mass is 169 g/mol. The predicted octanol–water partition coefficient (Wildman–Crippen LogP) is 0.887. The van der Waals surface area contributed by atoms with Crippen LogP contribution in [0, 0.1) is 0 Å². The van der Waals surface area contributed by atoms with Gasteiger partial charge in [0.25, 0.3) is 0 Å². The lowest BCUT2D eigenvalue weighted by molar-refractivity contribution is 0.667. The molecule has 2 nitrogen and oxygen atoms in total. The molecule has 0 saturated heterocycles. The van der Waals surface area contributed by atoms with Crippen molar-refractivity contribution in [2.45, 2.75) is 19.1 Å². The Morgan fingerprint density at radius 2 is 2.22 bits per heavy atom. The summed E-state index contributed by atoms with van der Waals surface area (Å²) >= 11 is 5.35. The minimum atomic E-state index is -0.906. The topological polar surface area (TPSA) is 29.1 Å². The van der Waals surface area contributed by atoms with E-state index in [1.807, 2.05) is 13.8 Å². The summed E-state index contributed by atoms with van der Waals surface area (Å²) in [5, 5.41) is 0.174. The first-order valence-corrected chi connectivity index (χ1v) is 4.63. The van der Waals surface area contributed by atoms with Crippen LogP contribution in [0.15, 0.2) is 0 Å². The lowest BCUT2D eigenvalue weighted by atomic mass is 10.6. The molecule has 1 atom stereocenters. The van der Waals surface area contributed by atoms with E-state index in [4.69, 9.17) is 11.6 Å². The molecular formula is C5H12ClNOS. The van der Waals surface area contributed by atoms with Gasteiger partial charge in [-0.15, -0.1) is 11.6 Å². The molecule has 9 heavy (non-hydrogen) atoms.